The lowest BCUT2D eigenvalue weighted by molar-refractivity contribution is 0.134. The predicted molar refractivity (Wildman–Crippen MR) is 107 cm³/mol. The average Bonchev–Trinajstić information content (AvgIpc) is 3.40. The molecule has 4 rings (SSSR count). The SMILES string of the molecule is C/C=C(\C=C(/C)CN1CCN(C2CC2)CC1)c1n[nH]c2cc(N)ncc12. The van der Waals surface area contributed by atoms with Gasteiger partial charge < -0.3 is 5.73 Å². The highest BCUT2D eigenvalue weighted by molar-refractivity contribution is 5.93. The molecule has 1 aliphatic carbocycles. The van der Waals surface area contributed by atoms with Crippen LogP contribution in [-0.4, -0.2) is 63.7 Å². The molecule has 3 heterocycles. The van der Waals surface area contributed by atoms with Gasteiger partial charge in [-0.25, -0.2) is 4.98 Å². The van der Waals surface area contributed by atoms with Gasteiger partial charge in [0, 0.05) is 56.4 Å². The van der Waals surface area contributed by atoms with E-state index in [2.05, 4.69) is 51.0 Å². The van der Waals surface area contributed by atoms with E-state index in [0.717, 1.165) is 34.8 Å². The number of nitrogens with one attached hydrogen (secondary N) is 1. The molecule has 6 heteroatoms. The highest BCUT2D eigenvalue weighted by Gasteiger charge is 2.31. The molecular weight excluding hydrogens is 324 g/mol. The van der Waals surface area contributed by atoms with Crippen LogP contribution >= 0.6 is 0 Å². The number of aromatic amines is 1. The fourth-order valence-corrected chi connectivity index (χ4v) is 3.83. The van der Waals surface area contributed by atoms with Crippen LogP contribution in [0.1, 0.15) is 32.4 Å². The Morgan fingerprint density at radius 2 is 2.08 bits per heavy atom. The van der Waals surface area contributed by atoms with Crippen LogP contribution in [0.5, 0.6) is 0 Å². The minimum absolute atomic E-state index is 0.506. The quantitative estimate of drug-likeness (QED) is 0.809. The van der Waals surface area contributed by atoms with E-state index in [4.69, 9.17) is 5.73 Å². The van der Waals surface area contributed by atoms with Crippen LogP contribution in [0.15, 0.2) is 30.0 Å². The van der Waals surface area contributed by atoms with Gasteiger partial charge in [-0.15, -0.1) is 0 Å². The largest absolute Gasteiger partial charge is 0.384 e. The van der Waals surface area contributed by atoms with Crippen molar-refractivity contribution < 1.29 is 0 Å². The van der Waals surface area contributed by atoms with E-state index >= 15 is 0 Å². The molecule has 2 fully saturated rings. The Kier molecular flexibility index (Phi) is 4.78. The van der Waals surface area contributed by atoms with E-state index in [1.54, 1.807) is 6.20 Å². The van der Waals surface area contributed by atoms with Crippen molar-refractivity contribution in [2.75, 3.05) is 38.5 Å². The average molecular weight is 352 g/mol. The molecule has 0 atom stereocenters. The summed E-state index contributed by atoms with van der Waals surface area (Å²) in [7, 11) is 0. The number of allylic oxidation sites excluding steroid dienone is 3. The van der Waals surface area contributed by atoms with E-state index in [1.807, 2.05) is 6.07 Å². The van der Waals surface area contributed by atoms with Crippen molar-refractivity contribution in [1.82, 2.24) is 25.0 Å². The van der Waals surface area contributed by atoms with Crippen LogP contribution in [0, 0.1) is 0 Å². The molecule has 1 saturated heterocycles. The number of hydrogen-bond donors (Lipinski definition) is 2. The Hall–Kier alpha value is -2.18. The van der Waals surface area contributed by atoms with Crippen molar-refractivity contribution in [3.63, 3.8) is 0 Å². The van der Waals surface area contributed by atoms with Crippen LogP contribution in [-0.2, 0) is 0 Å². The Labute approximate surface area is 154 Å². The van der Waals surface area contributed by atoms with Crippen LogP contribution in [0.4, 0.5) is 5.82 Å². The second kappa shape index (κ2) is 7.21. The van der Waals surface area contributed by atoms with Gasteiger partial charge in [-0.05, 0) is 32.3 Å². The maximum atomic E-state index is 5.76. The molecule has 0 spiro atoms. The van der Waals surface area contributed by atoms with E-state index < -0.39 is 0 Å². The van der Waals surface area contributed by atoms with Crippen LogP contribution in [0.25, 0.3) is 16.5 Å². The first kappa shape index (κ1) is 17.2. The number of nitrogen functional groups attached to an aromatic ring is 1. The molecule has 0 radical (unpaired) electrons. The monoisotopic (exact) mass is 352 g/mol. The Morgan fingerprint density at radius 3 is 2.77 bits per heavy atom. The Bertz CT molecular complexity index is 837. The van der Waals surface area contributed by atoms with Crippen molar-refractivity contribution in [1.29, 1.82) is 0 Å². The summed E-state index contributed by atoms with van der Waals surface area (Å²) < 4.78 is 0. The summed E-state index contributed by atoms with van der Waals surface area (Å²) in [5.41, 5.74) is 10.1. The summed E-state index contributed by atoms with van der Waals surface area (Å²) in [6.07, 6.45) is 8.97. The molecule has 3 N–H and O–H groups in total. The van der Waals surface area contributed by atoms with Gasteiger partial charge in [0.25, 0.3) is 0 Å². The minimum Gasteiger partial charge on any atom is -0.384 e. The number of anilines is 1. The number of hydrogen-bond acceptors (Lipinski definition) is 5. The van der Waals surface area contributed by atoms with Gasteiger partial charge in [-0.2, -0.15) is 5.10 Å². The zero-order valence-electron chi connectivity index (χ0n) is 15.7. The summed E-state index contributed by atoms with van der Waals surface area (Å²) in [5.74, 6) is 0.506. The highest BCUT2D eigenvalue weighted by atomic mass is 15.3. The summed E-state index contributed by atoms with van der Waals surface area (Å²) >= 11 is 0. The topological polar surface area (TPSA) is 74.1 Å². The molecule has 2 aromatic rings. The number of pyridine rings is 1. The first-order valence-corrected chi connectivity index (χ1v) is 9.54. The summed E-state index contributed by atoms with van der Waals surface area (Å²) in [4.78, 5) is 9.43. The number of rotatable bonds is 5. The molecular formula is C20H28N6. The first-order chi connectivity index (χ1) is 12.6. The maximum Gasteiger partial charge on any atom is 0.125 e. The molecule has 1 aliphatic heterocycles. The summed E-state index contributed by atoms with van der Waals surface area (Å²) in [6, 6.07) is 2.72. The van der Waals surface area contributed by atoms with E-state index in [1.165, 1.54) is 44.6 Å². The van der Waals surface area contributed by atoms with Crippen molar-refractivity contribution in [2.45, 2.75) is 32.7 Å². The van der Waals surface area contributed by atoms with Crippen LogP contribution in [0.2, 0.25) is 0 Å². The van der Waals surface area contributed by atoms with Gasteiger partial charge in [0.1, 0.15) is 11.5 Å². The lowest BCUT2D eigenvalue weighted by atomic mass is 10.1. The van der Waals surface area contributed by atoms with Gasteiger partial charge in [-0.1, -0.05) is 17.7 Å². The Morgan fingerprint density at radius 1 is 1.31 bits per heavy atom. The molecule has 138 valence electrons. The summed E-state index contributed by atoms with van der Waals surface area (Å²) in [6.45, 7) is 10.0. The van der Waals surface area contributed by atoms with E-state index in [0.29, 0.717) is 5.82 Å². The number of nitrogens with two attached hydrogens (primary N) is 1. The van der Waals surface area contributed by atoms with Gasteiger partial charge in [0.15, 0.2) is 0 Å². The third kappa shape index (κ3) is 3.66. The molecule has 2 aliphatic rings. The van der Waals surface area contributed by atoms with Gasteiger partial charge in [-0.3, -0.25) is 14.9 Å². The lowest BCUT2D eigenvalue weighted by Gasteiger charge is -2.35. The second-order valence-electron chi connectivity index (χ2n) is 7.50. The number of piperazine rings is 1. The third-order valence-corrected chi connectivity index (χ3v) is 5.40. The predicted octanol–water partition coefficient (Wildman–Crippen LogP) is 2.67. The normalized spacial score (nSPS) is 20.8. The lowest BCUT2D eigenvalue weighted by Crippen LogP contribution is -2.47. The highest BCUT2D eigenvalue weighted by Crippen LogP contribution is 2.28. The number of aromatic nitrogens is 3. The zero-order valence-corrected chi connectivity index (χ0v) is 15.7. The van der Waals surface area contributed by atoms with Gasteiger partial charge >= 0.3 is 0 Å². The first-order valence-electron chi connectivity index (χ1n) is 9.54. The molecule has 26 heavy (non-hydrogen) atoms. The van der Waals surface area contributed by atoms with Gasteiger partial charge in [0.05, 0.1) is 5.52 Å². The van der Waals surface area contributed by atoms with E-state index in [9.17, 15) is 0 Å². The van der Waals surface area contributed by atoms with Crippen molar-refractivity contribution >= 4 is 22.3 Å². The second-order valence-corrected chi connectivity index (χ2v) is 7.50. The zero-order chi connectivity index (χ0) is 18.1. The molecule has 6 nitrogen and oxygen atoms in total. The molecule has 1 saturated carbocycles. The van der Waals surface area contributed by atoms with E-state index in [-0.39, 0.29) is 0 Å². The third-order valence-electron chi connectivity index (χ3n) is 5.40. The Balaban J connectivity index is 1.44. The minimum atomic E-state index is 0.506. The van der Waals surface area contributed by atoms with Crippen molar-refractivity contribution in [3.05, 3.63) is 35.7 Å². The molecule has 0 unspecified atom stereocenters. The fraction of sp³-hybridized carbons (Fsp3) is 0.500. The maximum absolute atomic E-state index is 5.76. The summed E-state index contributed by atoms with van der Waals surface area (Å²) in [5, 5.41) is 8.56. The smallest absolute Gasteiger partial charge is 0.125 e. The van der Waals surface area contributed by atoms with Crippen molar-refractivity contribution in [2.24, 2.45) is 0 Å². The fourth-order valence-electron chi connectivity index (χ4n) is 3.83. The standard InChI is InChI=1S/C20H28N6/c1-3-15(20-17-12-22-19(21)11-18(17)23-24-20)10-14(2)13-25-6-8-26(9-7-25)16-4-5-16/h3,10-12,16H,4-9,13H2,1-2H3,(H2,21,22)(H,23,24)/b14-10+,15-3+. The number of H-pyrrole nitrogens is 1. The molecule has 0 bridgehead atoms. The molecule has 2 aromatic heterocycles. The van der Waals surface area contributed by atoms with Crippen LogP contribution < -0.4 is 5.73 Å². The number of nitrogens with zero attached hydrogens (tertiary/aromatic N) is 4. The molecule has 0 amide bonds. The number of fused-ring (bicyclic) bond motifs is 1. The van der Waals surface area contributed by atoms with Gasteiger partial charge in [0.2, 0.25) is 0 Å². The van der Waals surface area contributed by atoms with Crippen molar-refractivity contribution in [3.8, 4) is 0 Å². The molecule has 0 aromatic carbocycles. The van der Waals surface area contributed by atoms with Crippen LogP contribution in [0.3, 0.4) is 0 Å².